The molecule has 0 bridgehead atoms. The number of carbonyl (C=O) groups excluding carboxylic acids is 1. The van der Waals surface area contributed by atoms with Gasteiger partial charge in [-0.15, -0.1) is 24.0 Å². The Hall–Kier alpha value is -1.71. The van der Waals surface area contributed by atoms with E-state index in [-0.39, 0.29) is 30.1 Å². The van der Waals surface area contributed by atoms with E-state index >= 15 is 0 Å². The summed E-state index contributed by atoms with van der Waals surface area (Å²) < 4.78 is 10.9. The van der Waals surface area contributed by atoms with Crippen molar-refractivity contribution in [2.75, 3.05) is 39.9 Å². The number of ether oxygens (including phenoxy) is 2. The summed E-state index contributed by atoms with van der Waals surface area (Å²) in [7, 11) is 1.77. The lowest BCUT2D eigenvalue weighted by Crippen LogP contribution is -2.50. The lowest BCUT2D eigenvalue weighted by molar-refractivity contribution is 0.0963. The maximum atomic E-state index is 11.7. The van der Waals surface area contributed by atoms with E-state index in [0.29, 0.717) is 32.3 Å². The third-order valence-electron chi connectivity index (χ3n) is 4.55. The summed E-state index contributed by atoms with van der Waals surface area (Å²) in [6.45, 7) is 7.15. The molecular formula is C20H33IN4O3. The van der Waals surface area contributed by atoms with E-state index in [9.17, 15) is 4.79 Å². The van der Waals surface area contributed by atoms with E-state index in [0.717, 1.165) is 43.1 Å². The Bertz CT molecular complexity index is 619. The molecule has 0 unspecified atom stereocenters. The van der Waals surface area contributed by atoms with Crippen LogP contribution in [0.1, 0.15) is 31.7 Å². The van der Waals surface area contributed by atoms with Gasteiger partial charge in [-0.05, 0) is 44.7 Å². The quantitative estimate of drug-likeness (QED) is 0.258. The van der Waals surface area contributed by atoms with Gasteiger partial charge in [0.1, 0.15) is 5.75 Å². The third kappa shape index (κ3) is 8.12. The van der Waals surface area contributed by atoms with Crippen LogP contribution in [0.2, 0.25) is 0 Å². The zero-order chi connectivity index (χ0) is 19.5. The normalized spacial score (nSPS) is 14.8. The number of rotatable bonds is 7. The summed E-state index contributed by atoms with van der Waals surface area (Å²) in [5.74, 6) is 1.73. The van der Waals surface area contributed by atoms with Crippen LogP contribution in [0.4, 0.5) is 4.79 Å². The summed E-state index contributed by atoms with van der Waals surface area (Å²) in [6.07, 6.45) is 2.44. The molecular weight excluding hydrogens is 471 g/mol. The van der Waals surface area contributed by atoms with Crippen LogP contribution in [0.25, 0.3) is 0 Å². The minimum atomic E-state index is -0.216. The Kier molecular flexibility index (Phi) is 11.7. The van der Waals surface area contributed by atoms with Gasteiger partial charge in [0, 0.05) is 32.7 Å². The second-order valence-electron chi connectivity index (χ2n) is 6.57. The molecule has 1 saturated heterocycles. The number of amides is 1. The molecule has 28 heavy (non-hydrogen) atoms. The van der Waals surface area contributed by atoms with Crippen molar-refractivity contribution in [2.45, 2.75) is 39.2 Å². The van der Waals surface area contributed by atoms with Crippen LogP contribution in [0.15, 0.2) is 29.3 Å². The van der Waals surface area contributed by atoms with Crippen molar-refractivity contribution in [1.29, 1.82) is 0 Å². The first kappa shape index (κ1) is 24.3. The van der Waals surface area contributed by atoms with Crippen molar-refractivity contribution >= 4 is 36.0 Å². The topological polar surface area (TPSA) is 75.2 Å². The molecule has 1 aromatic rings. The molecule has 7 nitrogen and oxygen atoms in total. The molecule has 2 rings (SSSR count). The number of hydrogen-bond donors (Lipinski definition) is 2. The molecule has 0 radical (unpaired) electrons. The Morgan fingerprint density at radius 3 is 2.64 bits per heavy atom. The molecule has 1 aliphatic heterocycles. The monoisotopic (exact) mass is 504 g/mol. The largest absolute Gasteiger partial charge is 0.493 e. The van der Waals surface area contributed by atoms with Gasteiger partial charge >= 0.3 is 6.09 Å². The molecule has 0 aromatic heterocycles. The number of benzene rings is 1. The fourth-order valence-corrected chi connectivity index (χ4v) is 2.99. The van der Waals surface area contributed by atoms with Gasteiger partial charge in [0.25, 0.3) is 0 Å². The van der Waals surface area contributed by atoms with E-state index in [1.807, 2.05) is 38.1 Å². The molecule has 0 saturated carbocycles. The molecule has 1 amide bonds. The summed E-state index contributed by atoms with van der Waals surface area (Å²) in [4.78, 5) is 17.8. The van der Waals surface area contributed by atoms with Crippen LogP contribution in [-0.2, 0) is 4.74 Å². The molecule has 2 N–H and O–H groups in total. The summed E-state index contributed by atoms with van der Waals surface area (Å²) >= 11 is 0. The molecule has 8 heteroatoms. The Labute approximate surface area is 185 Å². The van der Waals surface area contributed by atoms with Crippen molar-refractivity contribution in [3.05, 3.63) is 29.8 Å². The van der Waals surface area contributed by atoms with Crippen LogP contribution >= 0.6 is 24.0 Å². The zero-order valence-electron chi connectivity index (χ0n) is 17.1. The minimum Gasteiger partial charge on any atom is -0.493 e. The third-order valence-corrected chi connectivity index (χ3v) is 4.55. The van der Waals surface area contributed by atoms with Gasteiger partial charge in [-0.1, -0.05) is 18.2 Å². The zero-order valence-corrected chi connectivity index (χ0v) is 19.4. The first-order valence-corrected chi connectivity index (χ1v) is 9.71. The molecule has 1 aliphatic rings. The predicted octanol–water partition coefficient (Wildman–Crippen LogP) is 3.17. The number of aliphatic imine (C=N–C) groups is 1. The SMILES string of the molecule is CCOC(=O)N1CCC(NC(=NC)NCCCOc2ccccc2C)CC1.I. The summed E-state index contributed by atoms with van der Waals surface area (Å²) in [5, 5.41) is 6.76. The number of likely N-dealkylation sites (tertiary alicyclic amines) is 1. The number of carbonyl (C=O) groups is 1. The fraction of sp³-hybridized carbons (Fsp3) is 0.600. The van der Waals surface area contributed by atoms with Gasteiger partial charge in [0.05, 0.1) is 13.2 Å². The van der Waals surface area contributed by atoms with Crippen LogP contribution in [0.5, 0.6) is 5.75 Å². The average molecular weight is 504 g/mol. The van der Waals surface area contributed by atoms with Crippen molar-refractivity contribution < 1.29 is 14.3 Å². The van der Waals surface area contributed by atoms with Gasteiger partial charge in [-0.2, -0.15) is 0 Å². The molecule has 1 fully saturated rings. The average Bonchev–Trinajstić information content (AvgIpc) is 2.68. The van der Waals surface area contributed by atoms with Crippen LogP contribution in [-0.4, -0.2) is 62.9 Å². The molecule has 1 aromatic carbocycles. The number of aryl methyl sites for hydroxylation is 1. The molecule has 0 spiro atoms. The smallest absolute Gasteiger partial charge is 0.409 e. The van der Waals surface area contributed by atoms with Gasteiger partial charge in [0.15, 0.2) is 5.96 Å². The van der Waals surface area contributed by atoms with Gasteiger partial charge in [0.2, 0.25) is 0 Å². The second-order valence-corrected chi connectivity index (χ2v) is 6.57. The number of para-hydroxylation sites is 1. The Morgan fingerprint density at radius 1 is 1.29 bits per heavy atom. The Balaban J connectivity index is 0.00000392. The highest BCUT2D eigenvalue weighted by Crippen LogP contribution is 2.16. The predicted molar refractivity (Wildman–Crippen MR) is 123 cm³/mol. The summed E-state index contributed by atoms with van der Waals surface area (Å²) in [5.41, 5.74) is 1.15. The van der Waals surface area contributed by atoms with Gasteiger partial charge in [-0.25, -0.2) is 4.79 Å². The standard InChI is InChI=1S/C20H32N4O3.HI/c1-4-26-20(25)24-13-10-17(11-14-24)23-19(21-3)22-12-7-15-27-18-9-6-5-8-16(18)2;/h5-6,8-9,17H,4,7,10-15H2,1-3H3,(H2,21,22,23);1H. The molecule has 1 heterocycles. The van der Waals surface area contributed by atoms with E-state index in [4.69, 9.17) is 9.47 Å². The molecule has 0 atom stereocenters. The van der Waals surface area contributed by atoms with E-state index in [1.54, 1.807) is 11.9 Å². The number of piperidine rings is 1. The lowest BCUT2D eigenvalue weighted by atomic mass is 10.1. The highest BCUT2D eigenvalue weighted by molar-refractivity contribution is 14.0. The number of guanidine groups is 1. The fourth-order valence-electron chi connectivity index (χ4n) is 2.99. The number of halogens is 1. The van der Waals surface area contributed by atoms with Gasteiger partial charge in [-0.3, -0.25) is 4.99 Å². The molecule has 0 aliphatic carbocycles. The van der Waals surface area contributed by atoms with E-state index in [2.05, 4.69) is 15.6 Å². The highest BCUT2D eigenvalue weighted by atomic mass is 127. The first-order valence-electron chi connectivity index (χ1n) is 9.71. The number of nitrogens with zero attached hydrogens (tertiary/aromatic N) is 2. The summed E-state index contributed by atoms with van der Waals surface area (Å²) in [6, 6.07) is 8.35. The van der Waals surface area contributed by atoms with Crippen LogP contribution in [0.3, 0.4) is 0 Å². The number of nitrogens with one attached hydrogen (secondary N) is 2. The van der Waals surface area contributed by atoms with E-state index in [1.165, 1.54) is 0 Å². The van der Waals surface area contributed by atoms with Crippen LogP contribution < -0.4 is 15.4 Å². The highest BCUT2D eigenvalue weighted by Gasteiger charge is 2.23. The maximum absolute atomic E-state index is 11.7. The maximum Gasteiger partial charge on any atom is 0.409 e. The van der Waals surface area contributed by atoms with Crippen molar-refractivity contribution in [3.63, 3.8) is 0 Å². The minimum absolute atomic E-state index is 0. The van der Waals surface area contributed by atoms with E-state index < -0.39 is 0 Å². The molecule has 158 valence electrons. The van der Waals surface area contributed by atoms with Crippen LogP contribution in [0, 0.1) is 6.92 Å². The van der Waals surface area contributed by atoms with Crippen molar-refractivity contribution in [3.8, 4) is 5.75 Å². The number of hydrogen-bond acceptors (Lipinski definition) is 4. The Morgan fingerprint density at radius 2 is 2.00 bits per heavy atom. The van der Waals surface area contributed by atoms with Gasteiger partial charge < -0.3 is 25.0 Å². The lowest BCUT2D eigenvalue weighted by Gasteiger charge is -2.32. The first-order chi connectivity index (χ1) is 13.1. The van der Waals surface area contributed by atoms with Crippen molar-refractivity contribution in [2.24, 2.45) is 4.99 Å². The van der Waals surface area contributed by atoms with Crippen molar-refractivity contribution in [1.82, 2.24) is 15.5 Å². The second kappa shape index (κ2) is 13.5.